The molecule has 0 spiro atoms. The van der Waals surface area contributed by atoms with Gasteiger partial charge < -0.3 is 4.90 Å². The first kappa shape index (κ1) is 18.0. The fourth-order valence-corrected chi connectivity index (χ4v) is 2.60. The summed E-state index contributed by atoms with van der Waals surface area (Å²) in [5.74, 6) is 0. The SMILES string of the molecule is CN(C)c1ccc(/C=C/c2ccc(NS(=O)(=O)N(C)C)cc2)cc1. The first-order valence-corrected chi connectivity index (χ1v) is 8.98. The first-order chi connectivity index (χ1) is 11.3. The fourth-order valence-electron chi connectivity index (χ4n) is 1.98. The zero-order valence-corrected chi connectivity index (χ0v) is 15.2. The standard InChI is InChI=1S/C18H23N3O2S/c1-20(2)18-13-9-16(10-14-18)6-5-15-7-11-17(12-8-15)19-24(22,23)21(3)4/h5-14,19H,1-4H3/b6-5+. The second kappa shape index (κ2) is 7.51. The molecular weight excluding hydrogens is 322 g/mol. The van der Waals surface area contributed by atoms with Crippen molar-refractivity contribution in [3.63, 3.8) is 0 Å². The molecule has 0 aromatic heterocycles. The summed E-state index contributed by atoms with van der Waals surface area (Å²) in [4.78, 5) is 2.06. The second-order valence-corrected chi connectivity index (χ2v) is 7.72. The van der Waals surface area contributed by atoms with Crippen LogP contribution in [0.1, 0.15) is 11.1 Å². The second-order valence-electron chi connectivity index (χ2n) is 5.83. The van der Waals surface area contributed by atoms with E-state index in [4.69, 9.17) is 0 Å². The van der Waals surface area contributed by atoms with Gasteiger partial charge in [0.25, 0.3) is 0 Å². The summed E-state index contributed by atoms with van der Waals surface area (Å²) in [5, 5.41) is 0. The molecule has 0 heterocycles. The molecule has 0 unspecified atom stereocenters. The van der Waals surface area contributed by atoms with Crippen LogP contribution in [0.4, 0.5) is 11.4 Å². The third kappa shape index (κ3) is 4.84. The Morgan fingerprint density at radius 1 is 0.792 bits per heavy atom. The average molecular weight is 345 g/mol. The zero-order chi connectivity index (χ0) is 17.7. The van der Waals surface area contributed by atoms with Gasteiger partial charge in [0.05, 0.1) is 0 Å². The maximum atomic E-state index is 11.8. The molecule has 0 aliphatic carbocycles. The van der Waals surface area contributed by atoms with Gasteiger partial charge in [0, 0.05) is 39.6 Å². The summed E-state index contributed by atoms with van der Waals surface area (Å²) < 4.78 is 27.2. The van der Waals surface area contributed by atoms with Crippen LogP contribution < -0.4 is 9.62 Å². The lowest BCUT2D eigenvalue weighted by Crippen LogP contribution is -2.28. The van der Waals surface area contributed by atoms with Crippen molar-refractivity contribution in [2.24, 2.45) is 0 Å². The molecule has 2 aromatic carbocycles. The minimum atomic E-state index is -3.47. The minimum Gasteiger partial charge on any atom is -0.378 e. The summed E-state index contributed by atoms with van der Waals surface area (Å²) in [6.07, 6.45) is 4.02. The lowest BCUT2D eigenvalue weighted by atomic mass is 10.1. The van der Waals surface area contributed by atoms with Gasteiger partial charge in [-0.25, -0.2) is 0 Å². The van der Waals surface area contributed by atoms with Crippen LogP contribution in [0.2, 0.25) is 0 Å². The Kier molecular flexibility index (Phi) is 5.64. The number of benzene rings is 2. The first-order valence-electron chi connectivity index (χ1n) is 7.54. The molecule has 2 rings (SSSR count). The van der Waals surface area contributed by atoms with Crippen LogP contribution in [0.5, 0.6) is 0 Å². The molecule has 0 amide bonds. The zero-order valence-electron chi connectivity index (χ0n) is 14.4. The van der Waals surface area contributed by atoms with Crippen molar-refractivity contribution in [1.29, 1.82) is 0 Å². The van der Waals surface area contributed by atoms with Crippen LogP contribution in [0, 0.1) is 0 Å². The van der Waals surface area contributed by atoms with Crippen LogP contribution in [0.25, 0.3) is 12.2 Å². The summed E-state index contributed by atoms with van der Waals surface area (Å²) in [7, 11) is 3.53. The average Bonchev–Trinajstić information content (AvgIpc) is 2.54. The molecule has 0 saturated carbocycles. The Morgan fingerprint density at radius 2 is 1.25 bits per heavy atom. The van der Waals surface area contributed by atoms with Crippen LogP contribution in [-0.4, -0.2) is 40.9 Å². The van der Waals surface area contributed by atoms with E-state index in [1.54, 1.807) is 12.1 Å². The molecule has 0 fully saturated rings. The van der Waals surface area contributed by atoms with Crippen LogP contribution in [-0.2, 0) is 10.2 Å². The highest BCUT2D eigenvalue weighted by atomic mass is 32.2. The molecule has 0 radical (unpaired) electrons. The molecule has 5 nitrogen and oxygen atoms in total. The number of rotatable bonds is 6. The predicted molar refractivity (Wildman–Crippen MR) is 102 cm³/mol. The van der Waals surface area contributed by atoms with E-state index in [2.05, 4.69) is 33.9 Å². The van der Waals surface area contributed by atoms with Gasteiger partial charge in [0.2, 0.25) is 0 Å². The molecule has 0 aliphatic heterocycles. The van der Waals surface area contributed by atoms with E-state index in [-0.39, 0.29) is 0 Å². The largest absolute Gasteiger partial charge is 0.378 e. The quantitative estimate of drug-likeness (QED) is 0.818. The minimum absolute atomic E-state index is 0.538. The van der Waals surface area contributed by atoms with Gasteiger partial charge in [-0.15, -0.1) is 0 Å². The molecule has 128 valence electrons. The van der Waals surface area contributed by atoms with Gasteiger partial charge in [0.15, 0.2) is 0 Å². The lowest BCUT2D eigenvalue weighted by Gasteiger charge is -2.13. The lowest BCUT2D eigenvalue weighted by molar-refractivity contribution is 0.527. The number of nitrogens with zero attached hydrogens (tertiary/aromatic N) is 2. The van der Waals surface area contributed by atoms with E-state index in [1.807, 2.05) is 38.4 Å². The van der Waals surface area contributed by atoms with Crippen LogP contribution >= 0.6 is 0 Å². The predicted octanol–water partition coefficient (Wildman–Crippen LogP) is 3.14. The van der Waals surface area contributed by atoms with Gasteiger partial charge >= 0.3 is 10.2 Å². The summed E-state index contributed by atoms with van der Waals surface area (Å²) in [6, 6.07) is 15.5. The molecule has 6 heteroatoms. The number of nitrogens with one attached hydrogen (secondary N) is 1. The van der Waals surface area contributed by atoms with E-state index in [1.165, 1.54) is 14.1 Å². The summed E-state index contributed by atoms with van der Waals surface area (Å²) in [6.45, 7) is 0. The molecule has 0 atom stereocenters. The van der Waals surface area contributed by atoms with E-state index < -0.39 is 10.2 Å². The van der Waals surface area contributed by atoms with E-state index in [0.29, 0.717) is 5.69 Å². The Bertz CT molecular complexity index is 793. The van der Waals surface area contributed by atoms with Gasteiger partial charge in [-0.1, -0.05) is 36.4 Å². The van der Waals surface area contributed by atoms with Gasteiger partial charge in [-0.3, -0.25) is 4.72 Å². The molecular formula is C18H23N3O2S. The molecule has 0 bridgehead atoms. The molecule has 0 aliphatic rings. The smallest absolute Gasteiger partial charge is 0.301 e. The van der Waals surface area contributed by atoms with E-state index in [9.17, 15) is 8.42 Å². The monoisotopic (exact) mass is 345 g/mol. The highest BCUT2D eigenvalue weighted by Gasteiger charge is 2.12. The third-order valence-electron chi connectivity index (χ3n) is 3.52. The van der Waals surface area contributed by atoms with E-state index in [0.717, 1.165) is 21.1 Å². The maximum Gasteiger partial charge on any atom is 0.301 e. The number of hydrogen-bond donors (Lipinski definition) is 1. The third-order valence-corrected chi connectivity index (χ3v) is 4.97. The van der Waals surface area contributed by atoms with Crippen molar-refractivity contribution in [3.05, 3.63) is 59.7 Å². The van der Waals surface area contributed by atoms with Crippen molar-refractivity contribution < 1.29 is 8.42 Å². The molecule has 0 saturated heterocycles. The maximum absolute atomic E-state index is 11.8. The number of hydrogen-bond acceptors (Lipinski definition) is 3. The Morgan fingerprint density at radius 3 is 1.67 bits per heavy atom. The normalized spacial score (nSPS) is 11.9. The summed E-state index contributed by atoms with van der Waals surface area (Å²) in [5.41, 5.74) is 3.80. The Hall–Kier alpha value is -2.31. The van der Waals surface area contributed by atoms with Gasteiger partial charge in [0.1, 0.15) is 0 Å². The number of anilines is 2. The van der Waals surface area contributed by atoms with Crippen LogP contribution in [0.3, 0.4) is 0 Å². The fraction of sp³-hybridized carbons (Fsp3) is 0.222. The van der Waals surface area contributed by atoms with Gasteiger partial charge in [-0.05, 0) is 35.4 Å². The topological polar surface area (TPSA) is 52.7 Å². The van der Waals surface area contributed by atoms with E-state index >= 15 is 0 Å². The van der Waals surface area contributed by atoms with Crippen molar-refractivity contribution in [2.75, 3.05) is 37.8 Å². The van der Waals surface area contributed by atoms with Crippen molar-refractivity contribution >= 4 is 33.7 Å². The van der Waals surface area contributed by atoms with Crippen LogP contribution in [0.15, 0.2) is 48.5 Å². The highest BCUT2D eigenvalue weighted by molar-refractivity contribution is 7.90. The molecule has 2 aromatic rings. The Labute approximate surface area is 144 Å². The highest BCUT2D eigenvalue weighted by Crippen LogP contribution is 2.16. The Balaban J connectivity index is 2.06. The van der Waals surface area contributed by atoms with Crippen molar-refractivity contribution in [3.8, 4) is 0 Å². The molecule has 24 heavy (non-hydrogen) atoms. The molecule has 1 N–H and O–H groups in total. The van der Waals surface area contributed by atoms with Gasteiger partial charge in [-0.2, -0.15) is 12.7 Å². The van der Waals surface area contributed by atoms with Crippen molar-refractivity contribution in [2.45, 2.75) is 0 Å². The summed E-state index contributed by atoms with van der Waals surface area (Å²) >= 11 is 0. The van der Waals surface area contributed by atoms with Crippen molar-refractivity contribution in [1.82, 2.24) is 4.31 Å².